The molecule has 7 rings (SSSR count). The summed E-state index contributed by atoms with van der Waals surface area (Å²) in [6.07, 6.45) is 0.836. The van der Waals surface area contributed by atoms with Crippen molar-refractivity contribution in [2.45, 2.75) is 18.9 Å². The number of amides is 1. The number of hydrogen-bond acceptors (Lipinski definition) is 3. The van der Waals surface area contributed by atoms with Crippen molar-refractivity contribution in [2.75, 3.05) is 0 Å². The first-order valence-corrected chi connectivity index (χ1v) is 12.7. The molecular weight excluding hydrogens is 527 g/mol. The van der Waals surface area contributed by atoms with Crippen molar-refractivity contribution in [1.82, 2.24) is 10.3 Å². The number of aliphatic carboxylic acids is 1. The van der Waals surface area contributed by atoms with E-state index in [4.69, 9.17) is 4.98 Å². The van der Waals surface area contributed by atoms with E-state index in [1.807, 2.05) is 55.5 Å². The number of carbonyl (C=O) groups is 2. The van der Waals surface area contributed by atoms with E-state index in [2.05, 4.69) is 27.9 Å². The van der Waals surface area contributed by atoms with Crippen LogP contribution < -0.4 is 5.32 Å². The van der Waals surface area contributed by atoms with Crippen molar-refractivity contribution in [1.29, 1.82) is 0 Å². The van der Waals surface area contributed by atoms with Crippen molar-refractivity contribution in [3.05, 3.63) is 63.2 Å². The molecule has 4 aliphatic rings. The molecule has 8 unspecified atom stereocenters. The van der Waals surface area contributed by atoms with Gasteiger partial charge < -0.3 is 10.4 Å². The lowest BCUT2D eigenvalue weighted by Gasteiger charge is -2.77. The third-order valence-corrected chi connectivity index (χ3v) is 10.8. The van der Waals surface area contributed by atoms with Gasteiger partial charge in [0.2, 0.25) is 0 Å². The Morgan fingerprint density at radius 3 is 2.52 bits per heavy atom. The minimum absolute atomic E-state index is 0.0303. The van der Waals surface area contributed by atoms with Crippen LogP contribution in [-0.4, -0.2) is 27.5 Å². The summed E-state index contributed by atoms with van der Waals surface area (Å²) in [5.74, 6) is 1.47. The molecule has 0 bridgehead atoms. The van der Waals surface area contributed by atoms with E-state index in [9.17, 15) is 14.7 Å². The van der Waals surface area contributed by atoms with Crippen LogP contribution in [0.4, 0.5) is 0 Å². The van der Waals surface area contributed by atoms with E-state index in [0.717, 1.165) is 37.7 Å². The molecule has 8 atom stereocenters. The van der Waals surface area contributed by atoms with E-state index < -0.39 is 11.4 Å². The number of pyridine rings is 1. The molecule has 1 amide bonds. The van der Waals surface area contributed by atoms with Crippen LogP contribution in [-0.2, 0) is 4.79 Å². The molecule has 1 aromatic heterocycles. The standard InChI is InChI=1S/C27H21IN2O3/c1-11-17(14-9-13(28)7-8-16(14)29-23(11)12-5-3-2-4-6-12)24(31)30-26-10-15-18-19(26)22-21(26)20(18)27(15,22)25(32)33/h2-9,15,18-22H,10H2,1H3,(H,30,31)(H,32,33). The van der Waals surface area contributed by atoms with Crippen molar-refractivity contribution in [3.63, 3.8) is 0 Å². The minimum Gasteiger partial charge on any atom is -0.481 e. The predicted octanol–water partition coefficient (Wildman–Crippen LogP) is 4.51. The molecule has 0 aliphatic heterocycles. The SMILES string of the molecule is Cc1c(-c2ccccc2)nc2ccc(I)cc2c1C(=O)NC12CC3C4C1C1C2C4C31C(=O)O. The summed E-state index contributed by atoms with van der Waals surface area (Å²) in [5, 5.41) is 14.3. The molecule has 4 saturated carbocycles. The lowest BCUT2D eigenvalue weighted by atomic mass is 9.27. The Kier molecular flexibility index (Phi) is 3.20. The fourth-order valence-corrected chi connectivity index (χ4v) is 9.93. The monoisotopic (exact) mass is 548 g/mol. The molecule has 0 radical (unpaired) electrons. The second-order valence-electron chi connectivity index (χ2n) is 10.7. The maximum absolute atomic E-state index is 14.0. The fraction of sp³-hybridized carbons (Fsp3) is 0.370. The smallest absolute Gasteiger partial charge is 0.310 e. The van der Waals surface area contributed by atoms with E-state index in [1.54, 1.807) is 0 Å². The third kappa shape index (κ3) is 1.77. The van der Waals surface area contributed by atoms with E-state index in [0.29, 0.717) is 35.2 Å². The molecule has 33 heavy (non-hydrogen) atoms. The summed E-state index contributed by atoms with van der Waals surface area (Å²) in [6.45, 7) is 2.00. The first kappa shape index (κ1) is 18.9. The van der Waals surface area contributed by atoms with Crippen LogP contribution >= 0.6 is 22.6 Å². The number of nitrogens with zero attached hydrogens (tertiary/aromatic N) is 1. The van der Waals surface area contributed by atoms with Crippen LogP contribution in [0.2, 0.25) is 0 Å². The van der Waals surface area contributed by atoms with Crippen LogP contribution in [0.3, 0.4) is 0 Å². The molecule has 5 nitrogen and oxygen atoms in total. The van der Waals surface area contributed by atoms with Crippen LogP contribution in [0.25, 0.3) is 22.2 Å². The lowest BCUT2D eigenvalue weighted by Crippen LogP contribution is -2.84. The molecule has 3 aromatic rings. The van der Waals surface area contributed by atoms with E-state index >= 15 is 0 Å². The maximum Gasteiger partial charge on any atom is 0.310 e. The Morgan fingerprint density at radius 1 is 1.09 bits per heavy atom. The van der Waals surface area contributed by atoms with Crippen molar-refractivity contribution in [2.24, 2.45) is 40.9 Å². The minimum atomic E-state index is -0.588. The van der Waals surface area contributed by atoms with E-state index in [-0.39, 0.29) is 17.4 Å². The Labute approximate surface area is 204 Å². The second kappa shape index (κ2) is 5.59. The van der Waals surface area contributed by atoms with Gasteiger partial charge >= 0.3 is 5.97 Å². The normalized spacial score (nSPS) is 39.7. The predicted molar refractivity (Wildman–Crippen MR) is 130 cm³/mol. The van der Waals surface area contributed by atoms with E-state index in [1.165, 1.54) is 0 Å². The number of hydrogen-bond donors (Lipinski definition) is 2. The van der Waals surface area contributed by atoms with Crippen molar-refractivity contribution in [3.8, 4) is 11.3 Å². The quantitative estimate of drug-likeness (QED) is 0.372. The number of nitrogens with one attached hydrogen (secondary N) is 1. The summed E-state index contributed by atoms with van der Waals surface area (Å²) < 4.78 is 1.07. The molecule has 4 aliphatic carbocycles. The molecule has 2 aromatic carbocycles. The van der Waals surface area contributed by atoms with Gasteiger partial charge in [-0.1, -0.05) is 30.3 Å². The number of carboxylic acids is 1. The zero-order valence-electron chi connectivity index (χ0n) is 17.9. The Bertz CT molecular complexity index is 1440. The van der Waals surface area contributed by atoms with Crippen LogP contribution in [0.1, 0.15) is 22.3 Å². The van der Waals surface area contributed by atoms with Gasteiger partial charge in [-0.05, 0) is 95.2 Å². The van der Waals surface area contributed by atoms with Gasteiger partial charge in [-0.3, -0.25) is 9.59 Å². The molecule has 0 spiro atoms. The molecule has 164 valence electrons. The molecule has 0 saturated heterocycles. The number of carboxylic acid groups (broad SMARTS) is 1. The Balaban J connectivity index is 1.23. The average molecular weight is 548 g/mol. The number of fused-ring (bicyclic) bond motifs is 12. The van der Waals surface area contributed by atoms with Gasteiger partial charge in [0, 0.05) is 20.1 Å². The molecule has 6 heteroatoms. The summed E-state index contributed by atoms with van der Waals surface area (Å²) in [6, 6.07) is 16.1. The van der Waals surface area contributed by atoms with Gasteiger partial charge in [0.15, 0.2) is 0 Å². The van der Waals surface area contributed by atoms with Gasteiger partial charge in [-0.25, -0.2) is 4.98 Å². The zero-order valence-corrected chi connectivity index (χ0v) is 20.0. The number of carbonyl (C=O) groups excluding carboxylic acids is 1. The van der Waals surface area contributed by atoms with Gasteiger partial charge in [-0.15, -0.1) is 0 Å². The average Bonchev–Trinajstić information content (AvgIpc) is 3.49. The summed E-state index contributed by atoms with van der Waals surface area (Å²) in [7, 11) is 0. The number of aromatic nitrogens is 1. The number of rotatable bonds is 4. The topological polar surface area (TPSA) is 79.3 Å². The first-order valence-electron chi connectivity index (χ1n) is 11.6. The summed E-state index contributed by atoms with van der Waals surface area (Å²) >= 11 is 2.28. The second-order valence-corrected chi connectivity index (χ2v) is 12.0. The highest BCUT2D eigenvalue weighted by Gasteiger charge is 3.04. The zero-order chi connectivity index (χ0) is 22.4. The van der Waals surface area contributed by atoms with Gasteiger partial charge in [0.25, 0.3) is 5.91 Å². The van der Waals surface area contributed by atoms with Crippen molar-refractivity contribution < 1.29 is 14.7 Å². The Morgan fingerprint density at radius 2 is 1.88 bits per heavy atom. The molecule has 2 N–H and O–H groups in total. The van der Waals surface area contributed by atoms with Gasteiger partial charge in [0.1, 0.15) is 0 Å². The Hall–Kier alpha value is -2.48. The molecule has 4 fully saturated rings. The first-order chi connectivity index (χ1) is 15.9. The highest BCUT2D eigenvalue weighted by Crippen LogP contribution is 3.00. The number of benzene rings is 2. The largest absolute Gasteiger partial charge is 0.481 e. The summed E-state index contributed by atoms with van der Waals surface area (Å²) in [4.78, 5) is 30.9. The maximum atomic E-state index is 14.0. The molecule has 1 heterocycles. The highest BCUT2D eigenvalue weighted by molar-refractivity contribution is 14.1. The summed E-state index contributed by atoms with van der Waals surface area (Å²) in [5.41, 5.74) is 3.63. The van der Waals surface area contributed by atoms with Crippen LogP contribution in [0.15, 0.2) is 48.5 Å². The van der Waals surface area contributed by atoms with Crippen LogP contribution in [0.5, 0.6) is 0 Å². The fourth-order valence-electron chi connectivity index (χ4n) is 9.44. The van der Waals surface area contributed by atoms with Gasteiger partial charge in [0.05, 0.1) is 22.2 Å². The van der Waals surface area contributed by atoms with Crippen molar-refractivity contribution >= 4 is 45.4 Å². The lowest BCUT2D eigenvalue weighted by molar-refractivity contribution is -0.294. The van der Waals surface area contributed by atoms with Crippen LogP contribution in [0, 0.1) is 51.4 Å². The van der Waals surface area contributed by atoms with Gasteiger partial charge in [-0.2, -0.15) is 0 Å². The third-order valence-electron chi connectivity index (χ3n) is 10.1. The molecular formula is C27H21IN2O3. The number of halogens is 1. The highest BCUT2D eigenvalue weighted by atomic mass is 127.